The van der Waals surface area contributed by atoms with Crippen LogP contribution in [-0.4, -0.2) is 24.0 Å². The van der Waals surface area contributed by atoms with E-state index in [9.17, 15) is 0 Å². The molecule has 1 heterocycles. The molecule has 3 rings (SSSR count). The Morgan fingerprint density at radius 2 is 2.05 bits per heavy atom. The molecule has 2 N–H and O–H groups in total. The molecule has 0 radical (unpaired) electrons. The highest BCUT2D eigenvalue weighted by molar-refractivity contribution is 14.0. The molecule has 1 aromatic heterocycles. The summed E-state index contributed by atoms with van der Waals surface area (Å²) in [5.41, 5.74) is 1.52. The predicted molar refractivity (Wildman–Crippen MR) is 98.6 cm³/mol. The lowest BCUT2D eigenvalue weighted by Crippen LogP contribution is -2.40. The molecule has 2 fully saturated rings. The molecule has 2 saturated carbocycles. The average molecular weight is 418 g/mol. The molecule has 2 aliphatic carbocycles. The van der Waals surface area contributed by atoms with Crippen LogP contribution in [0.15, 0.2) is 9.41 Å². The molecule has 2 aliphatic rings. The first-order valence-corrected chi connectivity index (χ1v) is 8.08. The number of rotatable bonds is 6. The van der Waals surface area contributed by atoms with Gasteiger partial charge in [-0.25, -0.2) is 9.98 Å². The second-order valence-electron chi connectivity index (χ2n) is 6.43. The molecular formula is C16H27IN4O. The summed E-state index contributed by atoms with van der Waals surface area (Å²) in [6.07, 6.45) is 5.60. The van der Waals surface area contributed by atoms with Crippen LogP contribution in [0.25, 0.3) is 0 Å². The summed E-state index contributed by atoms with van der Waals surface area (Å²) in [6.45, 7) is 8.39. The molecule has 1 aromatic rings. The van der Waals surface area contributed by atoms with Crippen molar-refractivity contribution in [3.05, 3.63) is 17.3 Å². The van der Waals surface area contributed by atoms with E-state index in [0.29, 0.717) is 17.9 Å². The maximum Gasteiger partial charge on any atom is 0.216 e. The minimum atomic E-state index is 0. The van der Waals surface area contributed by atoms with Crippen LogP contribution in [-0.2, 0) is 6.54 Å². The maximum absolute atomic E-state index is 5.58. The highest BCUT2D eigenvalue weighted by Gasteiger charge is 2.53. The predicted octanol–water partition coefficient (Wildman–Crippen LogP) is 3.15. The Bertz CT molecular complexity index is 513. The van der Waals surface area contributed by atoms with Gasteiger partial charge in [0.25, 0.3) is 0 Å². The maximum atomic E-state index is 5.58. The Morgan fingerprint density at radius 3 is 2.55 bits per heavy atom. The molecule has 0 aliphatic heterocycles. The number of aromatic nitrogens is 1. The summed E-state index contributed by atoms with van der Waals surface area (Å²) >= 11 is 0. The number of halogens is 1. The van der Waals surface area contributed by atoms with Crippen molar-refractivity contribution in [1.82, 2.24) is 15.6 Å². The number of hydrogen-bond donors (Lipinski definition) is 2. The van der Waals surface area contributed by atoms with Gasteiger partial charge in [0.15, 0.2) is 5.96 Å². The smallest absolute Gasteiger partial charge is 0.216 e. The summed E-state index contributed by atoms with van der Waals surface area (Å²) in [5, 5.41) is 6.81. The van der Waals surface area contributed by atoms with E-state index in [0.717, 1.165) is 36.4 Å². The van der Waals surface area contributed by atoms with Crippen molar-refractivity contribution < 1.29 is 4.42 Å². The van der Waals surface area contributed by atoms with Crippen LogP contribution in [0.4, 0.5) is 0 Å². The Balaban J connectivity index is 0.00000176. The number of oxazole rings is 1. The van der Waals surface area contributed by atoms with Crippen molar-refractivity contribution in [2.45, 2.75) is 53.0 Å². The zero-order valence-corrected chi connectivity index (χ0v) is 16.1. The molecular weight excluding hydrogens is 391 g/mol. The fraction of sp³-hybridized carbons (Fsp3) is 0.750. The molecule has 0 aromatic carbocycles. The Hall–Kier alpha value is -0.790. The van der Waals surface area contributed by atoms with Crippen molar-refractivity contribution in [3.8, 4) is 0 Å². The number of hydrogen-bond acceptors (Lipinski definition) is 3. The lowest BCUT2D eigenvalue weighted by atomic mass is 10.0. The van der Waals surface area contributed by atoms with E-state index in [-0.39, 0.29) is 24.0 Å². The molecule has 6 heteroatoms. The zero-order valence-electron chi connectivity index (χ0n) is 13.7. The highest BCUT2D eigenvalue weighted by atomic mass is 127. The van der Waals surface area contributed by atoms with Crippen LogP contribution in [0.3, 0.4) is 0 Å². The van der Waals surface area contributed by atoms with Crippen molar-refractivity contribution in [2.24, 2.45) is 16.3 Å². The molecule has 0 bridgehead atoms. The van der Waals surface area contributed by atoms with Crippen LogP contribution in [0, 0.1) is 25.2 Å². The van der Waals surface area contributed by atoms with Crippen LogP contribution in [0.5, 0.6) is 0 Å². The summed E-state index contributed by atoms with van der Waals surface area (Å²) in [7, 11) is 0. The lowest BCUT2D eigenvalue weighted by Gasteiger charge is -2.17. The zero-order chi connectivity index (χ0) is 14.9. The van der Waals surface area contributed by atoms with Gasteiger partial charge >= 0.3 is 0 Å². The van der Waals surface area contributed by atoms with Gasteiger partial charge in [-0.1, -0.05) is 0 Å². The van der Waals surface area contributed by atoms with Gasteiger partial charge in [-0.05, 0) is 57.8 Å². The highest BCUT2D eigenvalue weighted by Crippen LogP contribution is 2.60. The number of guanidine groups is 1. The summed E-state index contributed by atoms with van der Waals surface area (Å²) in [4.78, 5) is 8.96. The van der Waals surface area contributed by atoms with Crippen LogP contribution in [0.1, 0.15) is 50.0 Å². The second-order valence-corrected chi connectivity index (χ2v) is 6.43. The van der Waals surface area contributed by atoms with Gasteiger partial charge in [0.1, 0.15) is 12.3 Å². The molecule has 22 heavy (non-hydrogen) atoms. The second kappa shape index (κ2) is 7.19. The van der Waals surface area contributed by atoms with Crippen molar-refractivity contribution in [3.63, 3.8) is 0 Å². The fourth-order valence-electron chi connectivity index (χ4n) is 2.94. The average Bonchev–Trinajstić information content (AvgIpc) is 3.34. The monoisotopic (exact) mass is 418 g/mol. The third-order valence-corrected chi connectivity index (χ3v) is 4.73. The van der Waals surface area contributed by atoms with E-state index in [4.69, 9.17) is 4.42 Å². The van der Waals surface area contributed by atoms with E-state index in [2.05, 4.69) is 27.5 Å². The van der Waals surface area contributed by atoms with E-state index < -0.39 is 0 Å². The van der Waals surface area contributed by atoms with Crippen molar-refractivity contribution in [2.75, 3.05) is 13.1 Å². The minimum Gasteiger partial charge on any atom is -0.444 e. The van der Waals surface area contributed by atoms with Crippen LogP contribution < -0.4 is 10.6 Å². The Labute approximate surface area is 149 Å². The molecule has 0 spiro atoms. The normalized spacial score (nSPS) is 19.5. The first-order chi connectivity index (χ1) is 10.1. The minimum absolute atomic E-state index is 0. The molecule has 0 atom stereocenters. The largest absolute Gasteiger partial charge is 0.444 e. The molecule has 124 valence electrons. The van der Waals surface area contributed by atoms with E-state index in [1.54, 1.807) is 0 Å². The van der Waals surface area contributed by atoms with E-state index in [1.165, 1.54) is 25.7 Å². The van der Waals surface area contributed by atoms with Gasteiger partial charge in [0, 0.05) is 13.1 Å². The topological polar surface area (TPSA) is 62.5 Å². The molecule has 0 saturated heterocycles. The van der Waals surface area contributed by atoms with Crippen LogP contribution in [0.2, 0.25) is 0 Å². The van der Waals surface area contributed by atoms with Crippen molar-refractivity contribution in [1.29, 1.82) is 0 Å². The summed E-state index contributed by atoms with van der Waals surface area (Å²) < 4.78 is 5.58. The van der Waals surface area contributed by atoms with Crippen molar-refractivity contribution >= 4 is 29.9 Å². The summed E-state index contributed by atoms with van der Waals surface area (Å²) in [5.74, 6) is 3.40. The van der Waals surface area contributed by atoms with E-state index in [1.807, 2.05) is 13.8 Å². The standard InChI is InChI=1S/C16H26N4O.HI/c1-4-17-15(18-9-14-20-11(2)12(3)21-14)19-10-16(7-8-16)13-5-6-13;/h13H,4-10H2,1-3H3,(H2,17,18,19);1H. The first-order valence-electron chi connectivity index (χ1n) is 8.08. The first kappa shape index (κ1) is 17.6. The van der Waals surface area contributed by atoms with Gasteiger partial charge in [-0.2, -0.15) is 0 Å². The molecule has 0 amide bonds. The van der Waals surface area contributed by atoms with Gasteiger partial charge in [-0.3, -0.25) is 0 Å². The van der Waals surface area contributed by atoms with Crippen LogP contribution >= 0.6 is 24.0 Å². The SMILES string of the molecule is CCNC(=NCc1nc(C)c(C)o1)NCC1(C2CC2)CC1.I. The number of nitrogens with zero attached hydrogens (tertiary/aromatic N) is 2. The quantitative estimate of drug-likeness (QED) is 0.423. The molecule has 0 unspecified atom stereocenters. The number of aliphatic imine (C=N–C) groups is 1. The lowest BCUT2D eigenvalue weighted by molar-refractivity contribution is 0.430. The van der Waals surface area contributed by atoms with E-state index >= 15 is 0 Å². The number of nitrogens with one attached hydrogen (secondary N) is 2. The van der Waals surface area contributed by atoms with Gasteiger partial charge in [-0.15, -0.1) is 24.0 Å². The van der Waals surface area contributed by atoms with Gasteiger partial charge < -0.3 is 15.1 Å². The fourth-order valence-corrected chi connectivity index (χ4v) is 2.94. The third-order valence-electron chi connectivity index (χ3n) is 4.73. The summed E-state index contributed by atoms with van der Waals surface area (Å²) in [6, 6.07) is 0. The van der Waals surface area contributed by atoms with Gasteiger partial charge in [0.2, 0.25) is 5.89 Å². The van der Waals surface area contributed by atoms with Gasteiger partial charge in [0.05, 0.1) is 5.69 Å². The molecule has 5 nitrogen and oxygen atoms in total. The Morgan fingerprint density at radius 1 is 1.32 bits per heavy atom. The third kappa shape index (κ3) is 4.14. The Kier molecular flexibility index (Phi) is 5.74. The number of aryl methyl sites for hydroxylation is 2.